The van der Waals surface area contributed by atoms with E-state index < -0.39 is 0 Å². The summed E-state index contributed by atoms with van der Waals surface area (Å²) in [5, 5.41) is 5.85. The predicted molar refractivity (Wildman–Crippen MR) is 98.2 cm³/mol. The summed E-state index contributed by atoms with van der Waals surface area (Å²) in [6, 6.07) is 5.95. The zero-order valence-electron chi connectivity index (χ0n) is 15.2. The van der Waals surface area contributed by atoms with E-state index in [1.165, 1.54) is 24.8 Å². The lowest BCUT2D eigenvalue weighted by Crippen LogP contribution is -2.54. The molecule has 25 heavy (non-hydrogen) atoms. The molecule has 4 aliphatic carbocycles. The summed E-state index contributed by atoms with van der Waals surface area (Å²) in [6.45, 7) is 4.08. The van der Waals surface area contributed by atoms with Gasteiger partial charge in [-0.1, -0.05) is 17.7 Å². The number of carbonyl (C=O) groups excluding carboxylic acids is 2. The Morgan fingerprint density at radius 2 is 1.64 bits per heavy atom. The molecule has 5 rings (SSSR count). The highest BCUT2D eigenvalue weighted by atomic mass is 16.2. The first kappa shape index (κ1) is 16.6. The van der Waals surface area contributed by atoms with Crippen molar-refractivity contribution in [1.29, 1.82) is 0 Å². The Hall–Kier alpha value is -1.84. The van der Waals surface area contributed by atoms with Crippen molar-refractivity contribution < 1.29 is 9.59 Å². The molecular weight excluding hydrogens is 312 g/mol. The monoisotopic (exact) mass is 340 g/mol. The van der Waals surface area contributed by atoms with Crippen molar-refractivity contribution in [2.45, 2.75) is 52.4 Å². The van der Waals surface area contributed by atoms with Gasteiger partial charge in [0.2, 0.25) is 11.8 Å². The number of aryl methyl sites for hydroxylation is 2. The lowest BCUT2D eigenvalue weighted by molar-refractivity contribution is -0.146. The van der Waals surface area contributed by atoms with Crippen molar-refractivity contribution in [2.75, 3.05) is 11.9 Å². The maximum absolute atomic E-state index is 12.9. The van der Waals surface area contributed by atoms with Crippen LogP contribution in [0.15, 0.2) is 18.2 Å². The fraction of sp³-hybridized carbons (Fsp3) is 0.619. The molecule has 4 fully saturated rings. The Labute approximate surface area is 149 Å². The number of nitrogens with one attached hydrogen (secondary N) is 2. The zero-order chi connectivity index (χ0) is 17.6. The smallest absolute Gasteiger partial charge is 0.243 e. The SMILES string of the molecule is Cc1ccc(NC(=O)CNC(=O)C23CC4CC(CC(C4)C2)C3)c(C)c1. The van der Waals surface area contributed by atoms with Gasteiger partial charge < -0.3 is 10.6 Å². The highest BCUT2D eigenvalue weighted by Crippen LogP contribution is 2.60. The van der Waals surface area contributed by atoms with Crippen LogP contribution in [-0.2, 0) is 9.59 Å². The van der Waals surface area contributed by atoms with Gasteiger partial charge in [0, 0.05) is 11.1 Å². The van der Waals surface area contributed by atoms with Crippen molar-refractivity contribution in [3.63, 3.8) is 0 Å². The molecule has 0 unspecified atom stereocenters. The van der Waals surface area contributed by atoms with Gasteiger partial charge in [-0.15, -0.1) is 0 Å². The van der Waals surface area contributed by atoms with Crippen molar-refractivity contribution in [3.8, 4) is 0 Å². The minimum Gasteiger partial charge on any atom is -0.347 e. The van der Waals surface area contributed by atoms with Gasteiger partial charge in [-0.2, -0.15) is 0 Å². The molecule has 0 heterocycles. The van der Waals surface area contributed by atoms with Crippen LogP contribution in [0, 0.1) is 37.0 Å². The van der Waals surface area contributed by atoms with Crippen molar-refractivity contribution in [2.24, 2.45) is 23.2 Å². The van der Waals surface area contributed by atoms with Crippen LogP contribution >= 0.6 is 0 Å². The van der Waals surface area contributed by atoms with E-state index in [9.17, 15) is 9.59 Å². The normalized spacial score (nSPS) is 32.5. The molecule has 0 radical (unpaired) electrons. The molecule has 0 saturated heterocycles. The number of amides is 2. The van der Waals surface area contributed by atoms with Crippen molar-refractivity contribution in [3.05, 3.63) is 29.3 Å². The van der Waals surface area contributed by atoms with E-state index in [2.05, 4.69) is 10.6 Å². The molecule has 4 aliphatic rings. The third-order valence-electron chi connectivity index (χ3n) is 6.59. The Kier molecular flexibility index (Phi) is 4.09. The van der Waals surface area contributed by atoms with Crippen LogP contribution < -0.4 is 10.6 Å². The van der Waals surface area contributed by atoms with E-state index >= 15 is 0 Å². The molecule has 0 atom stereocenters. The molecule has 4 saturated carbocycles. The van der Waals surface area contributed by atoms with Crippen molar-refractivity contribution >= 4 is 17.5 Å². The lowest BCUT2D eigenvalue weighted by Gasteiger charge is -2.55. The quantitative estimate of drug-likeness (QED) is 0.880. The van der Waals surface area contributed by atoms with Crippen LogP contribution in [0.2, 0.25) is 0 Å². The Morgan fingerprint density at radius 3 is 2.20 bits per heavy atom. The molecule has 0 aliphatic heterocycles. The minimum atomic E-state index is -0.186. The standard InChI is InChI=1S/C21H28N2O2/c1-13-3-4-18(14(2)5-13)23-19(24)12-22-20(25)21-9-15-6-16(10-21)8-17(7-15)11-21/h3-5,15-17H,6-12H2,1-2H3,(H,22,25)(H,23,24). The Morgan fingerprint density at radius 1 is 1.04 bits per heavy atom. The second-order valence-electron chi connectivity index (χ2n) is 8.75. The zero-order valence-corrected chi connectivity index (χ0v) is 15.2. The molecule has 1 aromatic carbocycles. The summed E-state index contributed by atoms with van der Waals surface area (Å²) in [5.74, 6) is 2.18. The van der Waals surface area contributed by atoms with Crippen LogP contribution in [0.3, 0.4) is 0 Å². The summed E-state index contributed by atoms with van der Waals surface area (Å²) >= 11 is 0. The van der Waals surface area contributed by atoms with Gasteiger partial charge in [-0.3, -0.25) is 9.59 Å². The highest BCUT2D eigenvalue weighted by Gasteiger charge is 2.54. The summed E-state index contributed by atoms with van der Waals surface area (Å²) in [4.78, 5) is 25.1. The number of anilines is 1. The predicted octanol–water partition coefficient (Wildman–Crippen LogP) is 3.57. The summed E-state index contributed by atoms with van der Waals surface area (Å²) in [6.07, 6.45) is 7.05. The van der Waals surface area contributed by atoms with Crippen LogP contribution in [0.25, 0.3) is 0 Å². The average molecular weight is 340 g/mol. The van der Waals surface area contributed by atoms with E-state index in [-0.39, 0.29) is 23.8 Å². The molecule has 0 aromatic heterocycles. The van der Waals surface area contributed by atoms with Gasteiger partial charge in [-0.25, -0.2) is 0 Å². The van der Waals surface area contributed by atoms with Gasteiger partial charge >= 0.3 is 0 Å². The minimum absolute atomic E-state index is 0.0634. The highest BCUT2D eigenvalue weighted by molar-refractivity contribution is 5.96. The van der Waals surface area contributed by atoms with E-state index in [1.54, 1.807) is 0 Å². The first-order valence-electron chi connectivity index (χ1n) is 9.59. The van der Waals surface area contributed by atoms with Crippen LogP contribution in [-0.4, -0.2) is 18.4 Å². The second kappa shape index (κ2) is 6.15. The average Bonchev–Trinajstić information content (AvgIpc) is 2.54. The van der Waals surface area contributed by atoms with Gasteiger partial charge in [0.1, 0.15) is 0 Å². The van der Waals surface area contributed by atoms with Gasteiger partial charge in [0.15, 0.2) is 0 Å². The van der Waals surface area contributed by atoms with Crippen LogP contribution in [0.4, 0.5) is 5.69 Å². The van der Waals surface area contributed by atoms with E-state index in [0.29, 0.717) is 0 Å². The molecule has 2 amide bonds. The summed E-state index contributed by atoms with van der Waals surface area (Å²) < 4.78 is 0. The third-order valence-corrected chi connectivity index (χ3v) is 6.59. The van der Waals surface area contributed by atoms with Crippen molar-refractivity contribution in [1.82, 2.24) is 5.32 Å². The van der Waals surface area contributed by atoms with E-state index in [0.717, 1.165) is 48.3 Å². The molecule has 4 heteroatoms. The lowest BCUT2D eigenvalue weighted by atomic mass is 9.49. The molecule has 0 spiro atoms. The molecule has 4 bridgehead atoms. The number of carbonyl (C=O) groups is 2. The first-order valence-corrected chi connectivity index (χ1v) is 9.59. The topological polar surface area (TPSA) is 58.2 Å². The molecule has 2 N–H and O–H groups in total. The maximum Gasteiger partial charge on any atom is 0.243 e. The Bertz CT molecular complexity index is 675. The van der Waals surface area contributed by atoms with E-state index in [1.807, 2.05) is 32.0 Å². The second-order valence-corrected chi connectivity index (χ2v) is 8.75. The third kappa shape index (κ3) is 3.19. The van der Waals surface area contributed by atoms with Crippen LogP contribution in [0.1, 0.15) is 49.7 Å². The fourth-order valence-corrected chi connectivity index (χ4v) is 5.89. The Balaban J connectivity index is 1.35. The number of hydrogen-bond donors (Lipinski definition) is 2. The molecule has 1 aromatic rings. The number of rotatable bonds is 4. The number of hydrogen-bond acceptors (Lipinski definition) is 2. The molecule has 134 valence electrons. The number of benzene rings is 1. The van der Waals surface area contributed by atoms with Crippen LogP contribution in [0.5, 0.6) is 0 Å². The first-order chi connectivity index (χ1) is 11.9. The summed E-state index contributed by atoms with van der Waals surface area (Å²) in [5.41, 5.74) is 2.85. The molecular formula is C21H28N2O2. The van der Waals surface area contributed by atoms with E-state index in [4.69, 9.17) is 0 Å². The van der Waals surface area contributed by atoms with Gasteiger partial charge in [-0.05, 0) is 81.8 Å². The maximum atomic E-state index is 12.9. The van der Waals surface area contributed by atoms with Gasteiger partial charge in [0.05, 0.1) is 6.54 Å². The summed E-state index contributed by atoms with van der Waals surface area (Å²) in [7, 11) is 0. The molecule has 4 nitrogen and oxygen atoms in total. The largest absolute Gasteiger partial charge is 0.347 e. The fourth-order valence-electron chi connectivity index (χ4n) is 5.89. The van der Waals surface area contributed by atoms with Gasteiger partial charge in [0.25, 0.3) is 0 Å².